The van der Waals surface area contributed by atoms with Gasteiger partial charge in [0.05, 0.1) is 5.75 Å². The molecule has 1 aromatic heterocycles. The molecular weight excluding hydrogens is 274 g/mol. The fourth-order valence-electron chi connectivity index (χ4n) is 2.01. The molecule has 0 amide bonds. The molecule has 0 unspecified atom stereocenters. The molecule has 1 aromatic carbocycles. The Morgan fingerprint density at radius 3 is 2.60 bits per heavy atom. The molecule has 0 aliphatic carbocycles. The maximum Gasteiger partial charge on any atom is 0.161 e. The molecule has 0 saturated heterocycles. The van der Waals surface area contributed by atoms with Crippen LogP contribution in [0.15, 0.2) is 18.2 Å². The first-order valence-corrected chi connectivity index (χ1v) is 8.38. The van der Waals surface area contributed by atoms with Gasteiger partial charge in [0, 0.05) is 6.42 Å². The Kier molecular flexibility index (Phi) is 4.23. The summed E-state index contributed by atoms with van der Waals surface area (Å²) >= 11 is 0. The first-order chi connectivity index (χ1) is 9.39. The third kappa shape index (κ3) is 3.66. The van der Waals surface area contributed by atoms with E-state index in [1.165, 1.54) is 0 Å². The van der Waals surface area contributed by atoms with E-state index in [0.717, 1.165) is 16.7 Å². The second kappa shape index (κ2) is 5.75. The molecule has 0 radical (unpaired) electrons. The molecule has 2 rings (SSSR count). The van der Waals surface area contributed by atoms with Crippen LogP contribution in [0.25, 0.3) is 0 Å². The number of hydrogen-bond donors (Lipinski definition) is 1. The lowest BCUT2D eigenvalue weighted by molar-refractivity contribution is 0.593. The molecule has 2 aromatic rings. The molecule has 0 atom stereocenters. The second-order valence-electron chi connectivity index (χ2n) is 5.01. The van der Waals surface area contributed by atoms with Crippen molar-refractivity contribution in [2.24, 2.45) is 0 Å². The summed E-state index contributed by atoms with van der Waals surface area (Å²) in [6.45, 7) is 5.81. The van der Waals surface area contributed by atoms with Crippen molar-refractivity contribution in [3.8, 4) is 0 Å². The topological polar surface area (TPSA) is 75.7 Å². The van der Waals surface area contributed by atoms with Gasteiger partial charge in [0.15, 0.2) is 9.84 Å². The number of benzene rings is 1. The third-order valence-corrected chi connectivity index (χ3v) is 4.60. The van der Waals surface area contributed by atoms with E-state index in [4.69, 9.17) is 0 Å². The minimum atomic E-state index is -3.26. The van der Waals surface area contributed by atoms with Crippen molar-refractivity contribution >= 4 is 9.84 Å². The Hall–Kier alpha value is -1.69. The molecule has 108 valence electrons. The quantitative estimate of drug-likeness (QED) is 0.916. The molecule has 0 saturated carbocycles. The van der Waals surface area contributed by atoms with E-state index in [0.29, 0.717) is 18.1 Å². The molecule has 0 fully saturated rings. The average Bonchev–Trinajstić information content (AvgIpc) is 2.80. The molecule has 0 aliphatic heterocycles. The fourth-order valence-corrected chi connectivity index (χ4v) is 3.44. The van der Waals surface area contributed by atoms with Crippen LogP contribution in [0.5, 0.6) is 0 Å². The standard InChI is InChI=1S/C14H19N3O2S/c1-4-13-15-14(17-16-13)9-20(18,19)8-12-7-10(2)5-6-11(12)3/h5-7H,4,8-9H2,1-3H3,(H,15,16,17). The Morgan fingerprint density at radius 1 is 1.20 bits per heavy atom. The molecule has 6 heteroatoms. The highest BCUT2D eigenvalue weighted by Gasteiger charge is 2.17. The predicted octanol–water partition coefficient (Wildman–Crippen LogP) is 2.10. The van der Waals surface area contributed by atoms with E-state index < -0.39 is 9.84 Å². The maximum atomic E-state index is 12.2. The number of sulfone groups is 1. The van der Waals surface area contributed by atoms with Gasteiger partial charge in [0.2, 0.25) is 0 Å². The van der Waals surface area contributed by atoms with E-state index >= 15 is 0 Å². The van der Waals surface area contributed by atoms with Crippen LogP contribution in [0, 0.1) is 13.8 Å². The first kappa shape index (κ1) is 14.7. The number of H-pyrrole nitrogens is 1. The number of hydrogen-bond acceptors (Lipinski definition) is 4. The van der Waals surface area contributed by atoms with Crippen LogP contribution in [0.1, 0.15) is 35.3 Å². The number of nitrogens with one attached hydrogen (secondary N) is 1. The van der Waals surface area contributed by atoms with Crippen LogP contribution in [0.2, 0.25) is 0 Å². The highest BCUT2D eigenvalue weighted by atomic mass is 32.2. The van der Waals surface area contributed by atoms with E-state index in [1.807, 2.05) is 39.0 Å². The van der Waals surface area contributed by atoms with Gasteiger partial charge in [-0.2, -0.15) is 5.10 Å². The summed E-state index contributed by atoms with van der Waals surface area (Å²) < 4.78 is 24.5. The molecule has 0 spiro atoms. The van der Waals surface area contributed by atoms with Gasteiger partial charge in [-0.3, -0.25) is 5.10 Å². The largest absolute Gasteiger partial charge is 0.262 e. The van der Waals surface area contributed by atoms with Crippen LogP contribution in [0.3, 0.4) is 0 Å². The molecule has 20 heavy (non-hydrogen) atoms. The Labute approximate surface area is 119 Å². The highest BCUT2D eigenvalue weighted by molar-refractivity contribution is 7.89. The lowest BCUT2D eigenvalue weighted by Gasteiger charge is -2.07. The number of aromatic nitrogens is 3. The zero-order valence-corrected chi connectivity index (χ0v) is 12.8. The summed E-state index contributed by atoms with van der Waals surface area (Å²) in [4.78, 5) is 4.15. The minimum absolute atomic E-state index is 0.0304. The third-order valence-electron chi connectivity index (χ3n) is 3.13. The van der Waals surface area contributed by atoms with Crippen molar-refractivity contribution in [3.05, 3.63) is 46.5 Å². The van der Waals surface area contributed by atoms with E-state index in [9.17, 15) is 8.42 Å². The van der Waals surface area contributed by atoms with Crippen molar-refractivity contribution in [3.63, 3.8) is 0 Å². The lowest BCUT2D eigenvalue weighted by Crippen LogP contribution is -2.10. The Morgan fingerprint density at radius 2 is 1.95 bits per heavy atom. The van der Waals surface area contributed by atoms with Crippen molar-refractivity contribution in [2.75, 3.05) is 0 Å². The molecule has 1 N–H and O–H groups in total. The number of rotatable bonds is 5. The number of nitrogens with zero attached hydrogens (tertiary/aromatic N) is 2. The predicted molar refractivity (Wildman–Crippen MR) is 78.0 cm³/mol. The summed E-state index contributed by atoms with van der Waals surface area (Å²) in [5.74, 6) is 0.977. The Bertz CT molecular complexity index is 705. The molecule has 1 heterocycles. The summed E-state index contributed by atoms with van der Waals surface area (Å²) in [5, 5.41) is 6.64. The van der Waals surface area contributed by atoms with Crippen LogP contribution in [-0.2, 0) is 27.8 Å². The van der Waals surface area contributed by atoms with E-state index in [-0.39, 0.29) is 11.5 Å². The van der Waals surface area contributed by atoms with Crippen molar-refractivity contribution in [1.29, 1.82) is 0 Å². The normalized spacial score (nSPS) is 11.8. The number of aryl methyl sites for hydroxylation is 3. The summed E-state index contributed by atoms with van der Waals surface area (Å²) in [6, 6.07) is 5.85. The van der Waals surface area contributed by atoms with E-state index in [1.54, 1.807) is 0 Å². The van der Waals surface area contributed by atoms with Gasteiger partial charge < -0.3 is 0 Å². The summed E-state index contributed by atoms with van der Waals surface area (Å²) in [7, 11) is -3.26. The van der Waals surface area contributed by atoms with Gasteiger partial charge in [-0.1, -0.05) is 30.7 Å². The van der Waals surface area contributed by atoms with E-state index in [2.05, 4.69) is 15.2 Å². The first-order valence-electron chi connectivity index (χ1n) is 6.56. The highest BCUT2D eigenvalue weighted by Crippen LogP contribution is 2.16. The number of aromatic amines is 1. The van der Waals surface area contributed by atoms with Crippen LogP contribution >= 0.6 is 0 Å². The lowest BCUT2D eigenvalue weighted by atomic mass is 10.1. The van der Waals surface area contributed by atoms with Crippen molar-refractivity contribution in [1.82, 2.24) is 15.2 Å². The SMILES string of the molecule is CCc1n[nH]c(CS(=O)(=O)Cc2cc(C)ccc2C)n1. The monoisotopic (exact) mass is 293 g/mol. The van der Waals surface area contributed by atoms with Crippen LogP contribution in [-0.4, -0.2) is 23.6 Å². The summed E-state index contributed by atoms with van der Waals surface area (Å²) in [6.07, 6.45) is 0.688. The second-order valence-corrected chi connectivity index (χ2v) is 7.08. The Balaban J connectivity index is 2.16. The molecule has 5 nitrogen and oxygen atoms in total. The van der Waals surface area contributed by atoms with Gasteiger partial charge in [-0.15, -0.1) is 0 Å². The van der Waals surface area contributed by atoms with Crippen molar-refractivity contribution in [2.45, 2.75) is 38.7 Å². The maximum absolute atomic E-state index is 12.2. The van der Waals surface area contributed by atoms with Gasteiger partial charge in [-0.05, 0) is 25.0 Å². The summed E-state index contributed by atoms with van der Waals surface area (Å²) in [5.41, 5.74) is 2.90. The van der Waals surface area contributed by atoms with Gasteiger partial charge in [-0.25, -0.2) is 13.4 Å². The molecular formula is C14H19N3O2S. The average molecular weight is 293 g/mol. The minimum Gasteiger partial charge on any atom is -0.262 e. The zero-order valence-electron chi connectivity index (χ0n) is 12.0. The van der Waals surface area contributed by atoms with Crippen LogP contribution < -0.4 is 0 Å². The van der Waals surface area contributed by atoms with Gasteiger partial charge in [0.1, 0.15) is 17.4 Å². The van der Waals surface area contributed by atoms with Crippen LogP contribution in [0.4, 0.5) is 0 Å². The fraction of sp³-hybridized carbons (Fsp3) is 0.429. The molecule has 0 aliphatic rings. The van der Waals surface area contributed by atoms with Gasteiger partial charge >= 0.3 is 0 Å². The molecule has 0 bridgehead atoms. The van der Waals surface area contributed by atoms with Gasteiger partial charge in [0.25, 0.3) is 0 Å². The zero-order chi connectivity index (χ0) is 14.8. The van der Waals surface area contributed by atoms with Crippen molar-refractivity contribution < 1.29 is 8.42 Å². The smallest absolute Gasteiger partial charge is 0.161 e.